The van der Waals surface area contributed by atoms with Gasteiger partial charge in [0, 0.05) is 25.1 Å². The molecular formula is C14H15N3O2. The van der Waals surface area contributed by atoms with E-state index in [1.54, 1.807) is 13.0 Å². The van der Waals surface area contributed by atoms with Gasteiger partial charge in [0.15, 0.2) is 11.9 Å². The average molecular weight is 257 g/mol. The molecule has 0 aliphatic rings. The van der Waals surface area contributed by atoms with Crippen molar-refractivity contribution in [2.24, 2.45) is 5.29 Å². The molecular weight excluding hydrogens is 242 g/mol. The van der Waals surface area contributed by atoms with E-state index < -0.39 is 0 Å². The zero-order chi connectivity index (χ0) is 13.7. The van der Waals surface area contributed by atoms with Crippen LogP contribution in [0.4, 0.5) is 5.69 Å². The third-order valence-corrected chi connectivity index (χ3v) is 2.93. The highest BCUT2D eigenvalue weighted by atomic mass is 16.5. The fraction of sp³-hybridized carbons (Fsp3) is 0.214. The third kappa shape index (κ3) is 3.28. The molecule has 0 spiro atoms. The summed E-state index contributed by atoms with van der Waals surface area (Å²) in [7, 11) is 0. The number of nitroso groups, excluding NO2 is 1. The highest BCUT2D eigenvalue weighted by molar-refractivity contribution is 5.44. The highest BCUT2D eigenvalue weighted by Crippen LogP contribution is 2.14. The van der Waals surface area contributed by atoms with Gasteiger partial charge in [0.2, 0.25) is 0 Å². The molecule has 0 saturated carbocycles. The van der Waals surface area contributed by atoms with Crippen LogP contribution in [0, 0.1) is 17.0 Å². The highest BCUT2D eigenvalue weighted by Gasteiger charge is 2.08. The zero-order valence-electron chi connectivity index (χ0n) is 10.7. The van der Waals surface area contributed by atoms with E-state index in [-0.39, 0.29) is 0 Å². The fourth-order valence-electron chi connectivity index (χ4n) is 1.80. The van der Waals surface area contributed by atoms with E-state index in [4.69, 9.17) is 0 Å². The molecule has 0 aliphatic heterocycles. The Labute approximate surface area is 111 Å². The number of hydrogen-bond donors (Lipinski definition) is 0. The number of hydrogen-bond acceptors (Lipinski definition) is 3. The Morgan fingerprint density at radius 1 is 1.21 bits per heavy atom. The lowest BCUT2D eigenvalue weighted by molar-refractivity contribution is -0.612. The predicted octanol–water partition coefficient (Wildman–Crippen LogP) is 2.36. The van der Waals surface area contributed by atoms with Crippen molar-refractivity contribution in [3.05, 3.63) is 70.0 Å². The Balaban J connectivity index is 2.04. The lowest BCUT2D eigenvalue weighted by Crippen LogP contribution is -2.30. The topological polar surface area (TPSA) is 59.6 Å². The van der Waals surface area contributed by atoms with Crippen LogP contribution in [-0.2, 0) is 6.42 Å². The molecule has 0 aliphatic carbocycles. The number of rotatable bonds is 5. The smallest absolute Gasteiger partial charge is 0.189 e. The van der Waals surface area contributed by atoms with Gasteiger partial charge in [-0.15, -0.1) is 4.91 Å². The number of aryl methyl sites for hydroxylation is 1. The molecule has 5 nitrogen and oxygen atoms in total. The second-order valence-electron chi connectivity index (χ2n) is 4.29. The molecule has 0 radical (unpaired) electrons. The monoisotopic (exact) mass is 257 g/mol. The van der Waals surface area contributed by atoms with Crippen LogP contribution in [-0.4, -0.2) is 6.54 Å². The van der Waals surface area contributed by atoms with Gasteiger partial charge in [0.1, 0.15) is 0 Å². The predicted molar refractivity (Wildman–Crippen MR) is 73.4 cm³/mol. The molecule has 1 aromatic carbocycles. The average Bonchev–Trinajstić information content (AvgIpc) is 2.44. The van der Waals surface area contributed by atoms with Crippen LogP contribution in [0.5, 0.6) is 0 Å². The van der Waals surface area contributed by atoms with Crippen molar-refractivity contribution in [2.75, 3.05) is 11.6 Å². The maximum Gasteiger partial charge on any atom is 0.189 e. The summed E-state index contributed by atoms with van der Waals surface area (Å²) in [4.78, 5) is 10.9. The van der Waals surface area contributed by atoms with E-state index in [9.17, 15) is 10.1 Å². The molecule has 19 heavy (non-hydrogen) atoms. The van der Waals surface area contributed by atoms with Crippen LogP contribution in [0.1, 0.15) is 11.3 Å². The van der Waals surface area contributed by atoms with Gasteiger partial charge >= 0.3 is 0 Å². The summed E-state index contributed by atoms with van der Waals surface area (Å²) >= 11 is 0. The summed E-state index contributed by atoms with van der Waals surface area (Å²) in [5, 5.41) is 15.8. The Kier molecular flexibility index (Phi) is 4.07. The van der Waals surface area contributed by atoms with E-state index in [0.29, 0.717) is 18.7 Å². The molecule has 0 fully saturated rings. The molecule has 0 unspecified atom stereocenters. The Morgan fingerprint density at radius 3 is 2.58 bits per heavy atom. The van der Waals surface area contributed by atoms with Gasteiger partial charge in [-0.3, -0.25) is 0 Å². The molecule has 98 valence electrons. The van der Waals surface area contributed by atoms with Gasteiger partial charge in [-0.05, 0) is 24.6 Å². The van der Waals surface area contributed by atoms with Crippen LogP contribution in [0.15, 0.2) is 53.9 Å². The molecule has 0 atom stereocenters. The van der Waals surface area contributed by atoms with Crippen LogP contribution >= 0.6 is 0 Å². The van der Waals surface area contributed by atoms with E-state index in [1.165, 1.54) is 11.2 Å². The van der Waals surface area contributed by atoms with Crippen molar-refractivity contribution in [3.63, 3.8) is 0 Å². The Morgan fingerprint density at radius 2 is 1.95 bits per heavy atom. The molecule has 0 saturated heterocycles. The molecule has 2 rings (SSSR count). The van der Waals surface area contributed by atoms with Crippen molar-refractivity contribution in [1.29, 1.82) is 0 Å². The maximum absolute atomic E-state index is 11.4. The molecule has 1 heterocycles. The summed E-state index contributed by atoms with van der Waals surface area (Å²) in [6, 6.07) is 12.9. The standard InChI is InChI=1S/C14H15N3O2/c1-12-7-8-13(11-17(12)19)9-10-16(15-18)14-5-3-2-4-6-14/h2-8,11H,9-10H2,1H3. The molecule has 0 N–H and O–H groups in total. The fourth-order valence-corrected chi connectivity index (χ4v) is 1.80. The van der Waals surface area contributed by atoms with Crippen LogP contribution in [0.25, 0.3) is 0 Å². The van der Waals surface area contributed by atoms with Crippen molar-refractivity contribution >= 4 is 5.69 Å². The quantitative estimate of drug-likeness (QED) is 0.357. The molecule has 5 heteroatoms. The summed E-state index contributed by atoms with van der Waals surface area (Å²) < 4.78 is 0.830. The number of pyridine rings is 1. The number of anilines is 1. The zero-order valence-corrected chi connectivity index (χ0v) is 10.7. The summed E-state index contributed by atoms with van der Waals surface area (Å²) in [5.74, 6) is 0. The van der Waals surface area contributed by atoms with Crippen LogP contribution in [0.3, 0.4) is 0 Å². The molecule has 0 amide bonds. The summed E-state index contributed by atoms with van der Waals surface area (Å²) in [5.41, 5.74) is 2.28. The normalized spacial score (nSPS) is 10.2. The van der Waals surface area contributed by atoms with Crippen molar-refractivity contribution in [2.45, 2.75) is 13.3 Å². The van der Waals surface area contributed by atoms with Gasteiger partial charge in [0.05, 0.1) is 11.0 Å². The Hall–Kier alpha value is -2.43. The minimum absolute atomic E-state index is 0.441. The van der Waals surface area contributed by atoms with E-state index in [1.807, 2.05) is 36.4 Å². The largest absolute Gasteiger partial charge is 0.619 e. The lowest BCUT2D eigenvalue weighted by atomic mass is 10.2. The first-order valence-corrected chi connectivity index (χ1v) is 6.05. The summed E-state index contributed by atoms with van der Waals surface area (Å²) in [6.07, 6.45) is 2.12. The number of para-hydroxylation sites is 1. The molecule has 1 aromatic heterocycles. The first kappa shape index (κ1) is 13.0. The Bertz CT molecular complexity index is 558. The third-order valence-electron chi connectivity index (χ3n) is 2.93. The SMILES string of the molecule is Cc1ccc(CCN(N=O)c2ccccc2)c[n+]1[O-]. The van der Waals surface area contributed by atoms with Crippen molar-refractivity contribution in [3.8, 4) is 0 Å². The van der Waals surface area contributed by atoms with Gasteiger partial charge in [0.25, 0.3) is 0 Å². The number of nitrogens with zero attached hydrogens (tertiary/aromatic N) is 3. The number of aromatic nitrogens is 1. The minimum Gasteiger partial charge on any atom is -0.619 e. The first-order valence-electron chi connectivity index (χ1n) is 6.05. The van der Waals surface area contributed by atoms with Crippen molar-refractivity contribution < 1.29 is 4.73 Å². The second kappa shape index (κ2) is 5.95. The van der Waals surface area contributed by atoms with E-state index >= 15 is 0 Å². The lowest BCUT2D eigenvalue weighted by Gasteiger charge is -2.14. The van der Waals surface area contributed by atoms with E-state index in [2.05, 4.69) is 5.29 Å². The molecule has 2 aromatic rings. The maximum atomic E-state index is 11.4. The minimum atomic E-state index is 0.441. The van der Waals surface area contributed by atoms with Gasteiger partial charge in [-0.2, -0.15) is 4.73 Å². The first-order chi connectivity index (χ1) is 9.20. The van der Waals surface area contributed by atoms with Crippen LogP contribution < -0.4 is 9.74 Å². The van der Waals surface area contributed by atoms with Gasteiger partial charge in [-0.25, -0.2) is 5.01 Å². The summed E-state index contributed by atoms with van der Waals surface area (Å²) in [6.45, 7) is 2.19. The van der Waals surface area contributed by atoms with Crippen molar-refractivity contribution in [1.82, 2.24) is 0 Å². The molecule has 0 bridgehead atoms. The van der Waals surface area contributed by atoms with Gasteiger partial charge < -0.3 is 5.21 Å². The van der Waals surface area contributed by atoms with Crippen LogP contribution in [0.2, 0.25) is 0 Å². The van der Waals surface area contributed by atoms with E-state index in [0.717, 1.165) is 16.0 Å². The number of benzene rings is 1. The second-order valence-corrected chi connectivity index (χ2v) is 4.29. The van der Waals surface area contributed by atoms with Gasteiger partial charge in [-0.1, -0.05) is 18.2 Å².